The lowest BCUT2D eigenvalue weighted by atomic mass is 10.5. The first-order valence-electron chi connectivity index (χ1n) is 3.27. The van der Waals surface area contributed by atoms with Crippen LogP contribution in [0.3, 0.4) is 0 Å². The van der Waals surface area contributed by atoms with Crippen LogP contribution in [0.4, 0.5) is 0 Å². The minimum atomic E-state index is 0.132. The van der Waals surface area contributed by atoms with Crippen LogP contribution in [0, 0.1) is 0 Å². The van der Waals surface area contributed by atoms with Gasteiger partial charge in [0.1, 0.15) is 0 Å². The van der Waals surface area contributed by atoms with E-state index in [4.69, 9.17) is 9.57 Å². The van der Waals surface area contributed by atoms with Crippen LogP contribution in [-0.2, 0) is 9.57 Å². The van der Waals surface area contributed by atoms with E-state index >= 15 is 0 Å². The monoisotopic (exact) mass is 131 g/mol. The molecule has 0 radical (unpaired) electrons. The molecular formula is C6H13NO2. The molecule has 2 atom stereocenters. The smallest absolute Gasteiger partial charge is 0.156 e. The van der Waals surface area contributed by atoms with Gasteiger partial charge in [-0.2, -0.15) is 5.48 Å². The van der Waals surface area contributed by atoms with E-state index in [1.165, 1.54) is 0 Å². The predicted molar refractivity (Wildman–Crippen MR) is 33.7 cm³/mol. The van der Waals surface area contributed by atoms with Crippen molar-refractivity contribution in [2.24, 2.45) is 0 Å². The highest BCUT2D eigenvalue weighted by molar-refractivity contribution is 4.73. The lowest BCUT2D eigenvalue weighted by molar-refractivity contribution is -0.0255. The number of hydroxylamine groups is 1. The zero-order valence-electron chi connectivity index (χ0n) is 6.05. The maximum atomic E-state index is 5.06. The maximum absolute atomic E-state index is 5.06. The Kier molecular flexibility index (Phi) is 2.05. The Balaban J connectivity index is 1.94. The van der Waals surface area contributed by atoms with Crippen molar-refractivity contribution >= 4 is 0 Å². The van der Waals surface area contributed by atoms with Crippen LogP contribution < -0.4 is 5.48 Å². The van der Waals surface area contributed by atoms with E-state index in [0.29, 0.717) is 6.10 Å². The Morgan fingerprint density at radius 2 is 2.11 bits per heavy atom. The van der Waals surface area contributed by atoms with Crippen LogP contribution in [0.25, 0.3) is 0 Å². The second-order valence-corrected chi connectivity index (χ2v) is 2.55. The molecule has 0 aromatic heterocycles. The highest BCUT2D eigenvalue weighted by Gasteiger charge is 2.34. The molecule has 0 spiro atoms. The average molecular weight is 131 g/mol. The van der Waals surface area contributed by atoms with E-state index in [-0.39, 0.29) is 12.3 Å². The molecule has 1 rings (SSSR count). The molecule has 3 nitrogen and oxygen atoms in total. The minimum absolute atomic E-state index is 0.132. The van der Waals surface area contributed by atoms with Gasteiger partial charge >= 0.3 is 0 Å². The van der Waals surface area contributed by atoms with Gasteiger partial charge in [-0.1, -0.05) is 0 Å². The predicted octanol–water partition coefficient (Wildman–Crippen LogP) is 0.661. The van der Waals surface area contributed by atoms with E-state index in [1.807, 2.05) is 20.8 Å². The molecule has 54 valence electrons. The number of nitrogens with one attached hydrogen (secondary N) is 1. The zero-order chi connectivity index (χ0) is 6.85. The molecule has 1 N–H and O–H groups in total. The fraction of sp³-hybridized carbons (Fsp3) is 1.00. The van der Waals surface area contributed by atoms with Crippen LogP contribution in [0.2, 0.25) is 0 Å². The summed E-state index contributed by atoms with van der Waals surface area (Å²) in [6, 6.07) is 0. The van der Waals surface area contributed by atoms with E-state index in [9.17, 15) is 0 Å². The van der Waals surface area contributed by atoms with E-state index in [2.05, 4.69) is 5.48 Å². The van der Waals surface area contributed by atoms with Crippen molar-refractivity contribution in [3.8, 4) is 0 Å². The van der Waals surface area contributed by atoms with Crippen LogP contribution in [-0.4, -0.2) is 18.4 Å². The fourth-order valence-corrected chi connectivity index (χ4v) is 0.513. The van der Waals surface area contributed by atoms with Gasteiger partial charge < -0.3 is 4.74 Å². The third-order valence-electron chi connectivity index (χ3n) is 1.13. The normalized spacial score (nSPS) is 33.3. The summed E-state index contributed by atoms with van der Waals surface area (Å²) in [6.07, 6.45) is 0.678. The van der Waals surface area contributed by atoms with Gasteiger partial charge in [0.15, 0.2) is 6.23 Å². The number of epoxide rings is 1. The van der Waals surface area contributed by atoms with Gasteiger partial charge in [-0.15, -0.1) is 0 Å². The van der Waals surface area contributed by atoms with Crippen molar-refractivity contribution in [1.29, 1.82) is 0 Å². The summed E-state index contributed by atoms with van der Waals surface area (Å²) in [5, 5.41) is 0. The molecule has 1 heterocycles. The molecule has 9 heavy (non-hydrogen) atoms. The third-order valence-corrected chi connectivity index (χ3v) is 1.13. The number of hydrogen-bond acceptors (Lipinski definition) is 3. The SMILES string of the molecule is CC(C)ONC1OC1C. The summed E-state index contributed by atoms with van der Waals surface area (Å²) in [4.78, 5) is 5.06. The number of ether oxygens (including phenoxy) is 1. The standard InChI is InChI=1S/C6H13NO2/c1-4(2)9-7-6-5(3)8-6/h4-7H,1-3H3. The van der Waals surface area contributed by atoms with E-state index in [1.54, 1.807) is 0 Å². The topological polar surface area (TPSA) is 33.8 Å². The lowest BCUT2D eigenvalue weighted by Crippen LogP contribution is -2.23. The molecule has 3 heteroatoms. The summed E-state index contributed by atoms with van der Waals surface area (Å²) in [5.41, 5.74) is 2.78. The van der Waals surface area contributed by atoms with Crippen molar-refractivity contribution in [3.63, 3.8) is 0 Å². The zero-order valence-corrected chi connectivity index (χ0v) is 6.05. The molecule has 0 aromatic rings. The van der Waals surface area contributed by atoms with Crippen molar-refractivity contribution in [1.82, 2.24) is 5.48 Å². The Bertz CT molecular complexity index is 95.1. The van der Waals surface area contributed by atoms with Crippen LogP contribution in [0.5, 0.6) is 0 Å². The van der Waals surface area contributed by atoms with E-state index in [0.717, 1.165) is 0 Å². The van der Waals surface area contributed by atoms with Gasteiger partial charge in [-0.25, -0.2) is 0 Å². The number of rotatable bonds is 3. The first kappa shape index (κ1) is 6.99. The summed E-state index contributed by atoms with van der Waals surface area (Å²) in [5.74, 6) is 0. The molecule has 0 bridgehead atoms. The average Bonchev–Trinajstić information content (AvgIpc) is 2.42. The molecule has 1 aliphatic rings. The van der Waals surface area contributed by atoms with Crippen molar-refractivity contribution in [3.05, 3.63) is 0 Å². The third kappa shape index (κ3) is 2.30. The molecule has 0 aliphatic carbocycles. The Morgan fingerprint density at radius 1 is 1.56 bits per heavy atom. The van der Waals surface area contributed by atoms with Crippen molar-refractivity contribution in [2.75, 3.05) is 0 Å². The second-order valence-electron chi connectivity index (χ2n) is 2.55. The van der Waals surface area contributed by atoms with Crippen LogP contribution in [0.15, 0.2) is 0 Å². The van der Waals surface area contributed by atoms with Crippen LogP contribution in [0.1, 0.15) is 20.8 Å². The van der Waals surface area contributed by atoms with Gasteiger partial charge in [-0.3, -0.25) is 4.84 Å². The van der Waals surface area contributed by atoms with Gasteiger partial charge in [0, 0.05) is 0 Å². The Labute approximate surface area is 55.3 Å². The molecule has 0 saturated carbocycles. The fourth-order valence-electron chi connectivity index (χ4n) is 0.513. The highest BCUT2D eigenvalue weighted by Crippen LogP contribution is 2.17. The first-order valence-corrected chi connectivity index (χ1v) is 3.27. The Hall–Kier alpha value is -0.120. The molecular weight excluding hydrogens is 118 g/mol. The largest absolute Gasteiger partial charge is 0.351 e. The number of hydrogen-bond donors (Lipinski definition) is 1. The second kappa shape index (κ2) is 2.64. The summed E-state index contributed by atoms with van der Waals surface area (Å²) >= 11 is 0. The molecule has 1 saturated heterocycles. The summed E-state index contributed by atoms with van der Waals surface area (Å²) in [7, 11) is 0. The highest BCUT2D eigenvalue weighted by atomic mass is 16.7. The first-order chi connectivity index (χ1) is 4.20. The molecule has 0 aromatic carbocycles. The van der Waals surface area contributed by atoms with Crippen molar-refractivity contribution in [2.45, 2.75) is 39.2 Å². The van der Waals surface area contributed by atoms with Crippen LogP contribution >= 0.6 is 0 Å². The summed E-state index contributed by atoms with van der Waals surface area (Å²) in [6.45, 7) is 5.95. The van der Waals surface area contributed by atoms with Crippen molar-refractivity contribution < 1.29 is 9.57 Å². The quantitative estimate of drug-likeness (QED) is 0.451. The lowest BCUT2D eigenvalue weighted by Gasteiger charge is -2.04. The molecule has 2 unspecified atom stereocenters. The molecule has 1 fully saturated rings. The minimum Gasteiger partial charge on any atom is -0.351 e. The maximum Gasteiger partial charge on any atom is 0.156 e. The Morgan fingerprint density at radius 3 is 2.44 bits per heavy atom. The summed E-state index contributed by atoms with van der Waals surface area (Å²) < 4.78 is 5.03. The van der Waals surface area contributed by atoms with Gasteiger partial charge in [0.2, 0.25) is 0 Å². The molecule has 1 aliphatic heterocycles. The molecule has 0 amide bonds. The van der Waals surface area contributed by atoms with Gasteiger partial charge in [-0.05, 0) is 20.8 Å². The van der Waals surface area contributed by atoms with E-state index < -0.39 is 0 Å². The van der Waals surface area contributed by atoms with Gasteiger partial charge in [0.05, 0.1) is 12.2 Å². The van der Waals surface area contributed by atoms with Gasteiger partial charge in [0.25, 0.3) is 0 Å².